The number of carbonyl (C=O) groups is 1. The van der Waals surface area contributed by atoms with Crippen molar-refractivity contribution in [3.8, 4) is 11.8 Å². The number of nitrogens with one attached hydrogen (secondary N) is 1. The highest BCUT2D eigenvalue weighted by atomic mass is 16.5. The van der Waals surface area contributed by atoms with Crippen molar-refractivity contribution in [3.63, 3.8) is 0 Å². The minimum absolute atomic E-state index is 0.152. The molecule has 0 saturated carbocycles. The molecule has 3 aromatic rings. The summed E-state index contributed by atoms with van der Waals surface area (Å²) in [5, 5.41) is 12.9. The number of carbonyl (C=O) groups excluding carboxylic acids is 1. The molecule has 0 saturated heterocycles. The lowest BCUT2D eigenvalue weighted by Crippen LogP contribution is -2.20. The Labute approximate surface area is 176 Å². The molecule has 0 radical (unpaired) electrons. The van der Waals surface area contributed by atoms with Gasteiger partial charge in [-0.05, 0) is 72.5 Å². The number of nitrogens with zero attached hydrogens (tertiary/aromatic N) is 2. The molecule has 0 spiro atoms. The maximum atomic E-state index is 12.1. The van der Waals surface area contributed by atoms with Gasteiger partial charge in [-0.1, -0.05) is 35.9 Å². The minimum Gasteiger partial charge on any atom is -0.489 e. The first kappa shape index (κ1) is 20.8. The second-order valence-electron chi connectivity index (χ2n) is 7.07. The Kier molecular flexibility index (Phi) is 6.96. The Morgan fingerprint density at radius 3 is 2.47 bits per heavy atom. The van der Waals surface area contributed by atoms with Gasteiger partial charge in [-0.3, -0.25) is 4.79 Å². The molecule has 0 atom stereocenters. The molecule has 0 bridgehead atoms. The van der Waals surface area contributed by atoms with Crippen LogP contribution in [0.2, 0.25) is 0 Å². The zero-order chi connectivity index (χ0) is 21.3. The number of benzene rings is 3. The summed E-state index contributed by atoms with van der Waals surface area (Å²) in [7, 11) is 0. The van der Waals surface area contributed by atoms with E-state index in [0.29, 0.717) is 18.6 Å². The second kappa shape index (κ2) is 10.0. The van der Waals surface area contributed by atoms with Crippen LogP contribution in [0, 0.1) is 25.2 Å². The Morgan fingerprint density at radius 1 is 1.07 bits per heavy atom. The van der Waals surface area contributed by atoms with Gasteiger partial charge < -0.3 is 4.74 Å². The highest BCUT2D eigenvalue weighted by molar-refractivity contribution is 5.83. The molecule has 0 unspecified atom stereocenters. The maximum Gasteiger partial charge on any atom is 0.244 e. The number of aryl methyl sites for hydroxylation is 2. The van der Waals surface area contributed by atoms with Gasteiger partial charge >= 0.3 is 0 Å². The summed E-state index contributed by atoms with van der Waals surface area (Å²) in [5.74, 6) is 0.580. The topological polar surface area (TPSA) is 74.5 Å². The van der Waals surface area contributed by atoms with Gasteiger partial charge in [0.15, 0.2) is 0 Å². The summed E-state index contributed by atoms with van der Waals surface area (Å²) >= 11 is 0. The van der Waals surface area contributed by atoms with E-state index in [-0.39, 0.29) is 5.91 Å². The van der Waals surface area contributed by atoms with E-state index < -0.39 is 0 Å². The Hall–Kier alpha value is -3.91. The molecular weight excluding hydrogens is 374 g/mol. The van der Waals surface area contributed by atoms with Crippen molar-refractivity contribution in [1.82, 2.24) is 5.43 Å². The van der Waals surface area contributed by atoms with Crippen LogP contribution >= 0.6 is 0 Å². The van der Waals surface area contributed by atoms with Crippen molar-refractivity contribution in [3.05, 3.63) is 100 Å². The number of amides is 1. The number of hydrogen-bond donors (Lipinski definition) is 1. The zero-order valence-electron chi connectivity index (χ0n) is 17.1. The molecule has 0 heterocycles. The molecule has 1 N–H and O–H groups in total. The largest absolute Gasteiger partial charge is 0.489 e. The third kappa shape index (κ3) is 6.05. The van der Waals surface area contributed by atoms with Gasteiger partial charge in [0.1, 0.15) is 12.4 Å². The van der Waals surface area contributed by atoms with Crippen LogP contribution in [0.1, 0.15) is 33.4 Å². The van der Waals surface area contributed by atoms with Crippen molar-refractivity contribution in [2.24, 2.45) is 5.10 Å². The average molecular weight is 397 g/mol. The molecule has 1 amide bonds. The summed E-state index contributed by atoms with van der Waals surface area (Å²) < 4.78 is 5.75. The van der Waals surface area contributed by atoms with E-state index in [2.05, 4.69) is 22.7 Å². The molecule has 0 fully saturated rings. The fraction of sp³-hybridized carbons (Fsp3) is 0.160. The van der Waals surface area contributed by atoms with Gasteiger partial charge in [0.05, 0.1) is 24.3 Å². The molecule has 5 heteroatoms. The van der Waals surface area contributed by atoms with Crippen LogP contribution in [-0.2, 0) is 17.8 Å². The summed E-state index contributed by atoms with van der Waals surface area (Å²) in [6, 6.07) is 22.9. The molecule has 5 nitrogen and oxygen atoms in total. The van der Waals surface area contributed by atoms with E-state index in [1.165, 1.54) is 5.56 Å². The normalized spacial score (nSPS) is 10.6. The van der Waals surface area contributed by atoms with Crippen LogP contribution in [0.5, 0.6) is 5.75 Å². The molecule has 3 aromatic carbocycles. The standard InChI is InChI=1S/C25H23N3O2/c1-18-3-10-23(19(2)13-18)14-25(29)28-27-16-21-8-11-24(12-9-21)30-17-22-6-4-20(15-26)5-7-22/h3-13,16H,14,17H2,1-2H3,(H,28,29)/b27-16-. The first-order valence-corrected chi connectivity index (χ1v) is 9.63. The summed E-state index contributed by atoms with van der Waals surface area (Å²) in [6.45, 7) is 4.46. The first-order valence-electron chi connectivity index (χ1n) is 9.63. The Balaban J connectivity index is 1.47. The Morgan fingerprint density at radius 2 is 1.80 bits per heavy atom. The molecule has 0 aliphatic rings. The lowest BCUT2D eigenvalue weighted by molar-refractivity contribution is -0.120. The van der Waals surface area contributed by atoms with Gasteiger partial charge in [-0.15, -0.1) is 0 Å². The van der Waals surface area contributed by atoms with Crippen LogP contribution in [-0.4, -0.2) is 12.1 Å². The van der Waals surface area contributed by atoms with Crippen molar-refractivity contribution < 1.29 is 9.53 Å². The van der Waals surface area contributed by atoms with Crippen molar-refractivity contribution in [2.75, 3.05) is 0 Å². The smallest absolute Gasteiger partial charge is 0.244 e. The fourth-order valence-corrected chi connectivity index (χ4v) is 2.93. The van der Waals surface area contributed by atoms with Gasteiger partial charge in [-0.25, -0.2) is 5.43 Å². The fourth-order valence-electron chi connectivity index (χ4n) is 2.93. The van der Waals surface area contributed by atoms with E-state index in [4.69, 9.17) is 10.00 Å². The summed E-state index contributed by atoms with van der Waals surface area (Å²) in [5.41, 5.74) is 8.32. The molecule has 0 aliphatic carbocycles. The van der Waals surface area contributed by atoms with E-state index in [0.717, 1.165) is 28.0 Å². The lowest BCUT2D eigenvalue weighted by atomic mass is 10.0. The van der Waals surface area contributed by atoms with E-state index in [1.54, 1.807) is 18.3 Å². The minimum atomic E-state index is -0.152. The third-order valence-corrected chi connectivity index (χ3v) is 4.62. The summed E-state index contributed by atoms with van der Waals surface area (Å²) in [6.07, 6.45) is 1.90. The first-order chi connectivity index (χ1) is 14.5. The number of hydrazone groups is 1. The number of nitriles is 1. The van der Waals surface area contributed by atoms with Crippen molar-refractivity contribution in [2.45, 2.75) is 26.9 Å². The monoisotopic (exact) mass is 397 g/mol. The van der Waals surface area contributed by atoms with Crippen LogP contribution < -0.4 is 10.2 Å². The molecule has 0 aliphatic heterocycles. The molecule has 0 aromatic heterocycles. The third-order valence-electron chi connectivity index (χ3n) is 4.62. The van der Waals surface area contributed by atoms with Gasteiger partial charge in [0.2, 0.25) is 5.91 Å². The number of ether oxygens (including phenoxy) is 1. The van der Waals surface area contributed by atoms with E-state index >= 15 is 0 Å². The van der Waals surface area contributed by atoms with Crippen LogP contribution in [0.3, 0.4) is 0 Å². The van der Waals surface area contributed by atoms with Crippen molar-refractivity contribution >= 4 is 12.1 Å². The lowest BCUT2D eigenvalue weighted by Gasteiger charge is -2.07. The van der Waals surface area contributed by atoms with E-state index in [9.17, 15) is 4.79 Å². The van der Waals surface area contributed by atoms with Crippen molar-refractivity contribution in [1.29, 1.82) is 5.26 Å². The van der Waals surface area contributed by atoms with Crippen LogP contribution in [0.15, 0.2) is 71.8 Å². The molecule has 150 valence electrons. The molecule has 30 heavy (non-hydrogen) atoms. The average Bonchev–Trinajstić information content (AvgIpc) is 2.75. The number of rotatable bonds is 7. The van der Waals surface area contributed by atoms with Gasteiger partial charge in [-0.2, -0.15) is 10.4 Å². The second-order valence-corrected chi connectivity index (χ2v) is 7.07. The number of hydrogen-bond acceptors (Lipinski definition) is 4. The molecular formula is C25H23N3O2. The SMILES string of the molecule is Cc1ccc(CC(=O)N/N=C\c2ccc(OCc3ccc(C#N)cc3)cc2)c(C)c1. The summed E-state index contributed by atoms with van der Waals surface area (Å²) in [4.78, 5) is 12.1. The zero-order valence-corrected chi connectivity index (χ0v) is 17.1. The van der Waals surface area contributed by atoms with Gasteiger partial charge in [0.25, 0.3) is 0 Å². The quantitative estimate of drug-likeness (QED) is 0.473. The Bertz CT molecular complexity index is 1080. The highest BCUT2D eigenvalue weighted by Crippen LogP contribution is 2.14. The predicted molar refractivity (Wildman–Crippen MR) is 117 cm³/mol. The maximum absolute atomic E-state index is 12.1. The van der Waals surface area contributed by atoms with Gasteiger partial charge in [0, 0.05) is 0 Å². The van der Waals surface area contributed by atoms with Crippen LogP contribution in [0.25, 0.3) is 0 Å². The molecule has 3 rings (SSSR count). The highest BCUT2D eigenvalue weighted by Gasteiger charge is 2.05. The predicted octanol–water partition coefficient (Wildman–Crippen LogP) is 4.45. The van der Waals surface area contributed by atoms with E-state index in [1.807, 2.05) is 62.4 Å². The van der Waals surface area contributed by atoms with Crippen LogP contribution in [0.4, 0.5) is 0 Å².